The fraction of sp³-hybridized carbons (Fsp3) is 0.217. The predicted octanol–water partition coefficient (Wildman–Crippen LogP) is 5.44. The summed E-state index contributed by atoms with van der Waals surface area (Å²) >= 11 is 0. The molecule has 138 valence electrons. The fourth-order valence-electron chi connectivity index (χ4n) is 2.85. The summed E-state index contributed by atoms with van der Waals surface area (Å²) in [6.45, 7) is 6.37. The first-order valence-electron chi connectivity index (χ1n) is 9.18. The van der Waals surface area contributed by atoms with Crippen LogP contribution in [0.5, 0.6) is 0 Å². The van der Waals surface area contributed by atoms with Gasteiger partial charge in [-0.05, 0) is 48.2 Å². The zero-order chi connectivity index (χ0) is 19.2. The van der Waals surface area contributed by atoms with E-state index >= 15 is 0 Å². The molecule has 2 aromatic carbocycles. The Morgan fingerprint density at radius 1 is 1.00 bits per heavy atom. The van der Waals surface area contributed by atoms with E-state index in [0.29, 0.717) is 18.0 Å². The molecule has 1 aromatic heterocycles. The van der Waals surface area contributed by atoms with Crippen LogP contribution in [0.25, 0.3) is 0 Å². The molecule has 0 spiro atoms. The topological polar surface area (TPSA) is 54.0 Å². The lowest BCUT2D eigenvalue weighted by Crippen LogP contribution is -2.14. The van der Waals surface area contributed by atoms with E-state index in [0.717, 1.165) is 22.6 Å². The van der Waals surface area contributed by atoms with Crippen molar-refractivity contribution in [3.8, 4) is 0 Å². The van der Waals surface area contributed by atoms with Crippen LogP contribution in [-0.4, -0.2) is 10.9 Å². The van der Waals surface area contributed by atoms with E-state index in [-0.39, 0.29) is 5.91 Å². The molecule has 0 aliphatic carbocycles. The normalized spacial score (nSPS) is 10.7. The van der Waals surface area contributed by atoms with Crippen LogP contribution < -0.4 is 10.6 Å². The average Bonchev–Trinajstić information content (AvgIpc) is 2.64. The number of carbonyl (C=O) groups excluding carboxylic acids is 1. The molecule has 0 unspecified atom stereocenters. The van der Waals surface area contributed by atoms with Crippen LogP contribution in [-0.2, 0) is 11.2 Å². The van der Waals surface area contributed by atoms with Crippen molar-refractivity contribution in [3.63, 3.8) is 0 Å². The summed E-state index contributed by atoms with van der Waals surface area (Å²) in [7, 11) is 0. The van der Waals surface area contributed by atoms with E-state index < -0.39 is 0 Å². The number of anilines is 3. The zero-order valence-corrected chi connectivity index (χ0v) is 16.0. The minimum atomic E-state index is -0.0487. The van der Waals surface area contributed by atoms with Crippen molar-refractivity contribution >= 4 is 23.1 Å². The van der Waals surface area contributed by atoms with Crippen molar-refractivity contribution < 1.29 is 4.79 Å². The van der Waals surface area contributed by atoms with Crippen LogP contribution in [0.15, 0.2) is 66.9 Å². The van der Waals surface area contributed by atoms with Crippen molar-refractivity contribution in [1.82, 2.24) is 4.98 Å². The minimum Gasteiger partial charge on any atom is -0.340 e. The SMILES string of the molecule is Cc1cccc(CC(=O)Nc2ccc(Nc3ccc(C(C)C)cc3)nc2)c1. The van der Waals surface area contributed by atoms with Gasteiger partial charge in [-0.3, -0.25) is 4.79 Å². The van der Waals surface area contributed by atoms with Gasteiger partial charge in [0.15, 0.2) is 0 Å². The predicted molar refractivity (Wildman–Crippen MR) is 112 cm³/mol. The highest BCUT2D eigenvalue weighted by Crippen LogP contribution is 2.20. The zero-order valence-electron chi connectivity index (χ0n) is 16.0. The Hall–Kier alpha value is -3.14. The van der Waals surface area contributed by atoms with Crippen molar-refractivity contribution in [2.24, 2.45) is 0 Å². The maximum atomic E-state index is 12.2. The van der Waals surface area contributed by atoms with Crippen LogP contribution in [0.3, 0.4) is 0 Å². The number of amides is 1. The van der Waals surface area contributed by atoms with E-state index in [1.165, 1.54) is 5.56 Å². The molecule has 0 atom stereocenters. The van der Waals surface area contributed by atoms with Crippen LogP contribution in [0, 0.1) is 6.92 Å². The first-order valence-corrected chi connectivity index (χ1v) is 9.18. The summed E-state index contributed by atoms with van der Waals surface area (Å²) in [4.78, 5) is 16.6. The van der Waals surface area contributed by atoms with Gasteiger partial charge < -0.3 is 10.6 Å². The van der Waals surface area contributed by atoms with Gasteiger partial charge in [0.05, 0.1) is 18.3 Å². The molecule has 2 N–H and O–H groups in total. The smallest absolute Gasteiger partial charge is 0.228 e. The lowest BCUT2D eigenvalue weighted by atomic mass is 10.0. The molecule has 4 heteroatoms. The molecule has 3 rings (SSSR count). The molecular formula is C23H25N3O. The molecule has 0 saturated heterocycles. The fourth-order valence-corrected chi connectivity index (χ4v) is 2.85. The first-order chi connectivity index (χ1) is 13.0. The monoisotopic (exact) mass is 359 g/mol. The van der Waals surface area contributed by atoms with Crippen molar-refractivity contribution in [2.45, 2.75) is 33.1 Å². The van der Waals surface area contributed by atoms with E-state index in [1.807, 2.05) is 43.3 Å². The number of pyridine rings is 1. The number of nitrogens with zero attached hydrogens (tertiary/aromatic N) is 1. The summed E-state index contributed by atoms with van der Waals surface area (Å²) in [5.41, 5.74) is 5.14. The Kier molecular flexibility index (Phi) is 5.87. The van der Waals surface area contributed by atoms with Crippen molar-refractivity contribution in [1.29, 1.82) is 0 Å². The number of benzene rings is 2. The highest BCUT2D eigenvalue weighted by atomic mass is 16.1. The molecule has 1 heterocycles. The Morgan fingerprint density at radius 3 is 2.37 bits per heavy atom. The van der Waals surface area contributed by atoms with Gasteiger partial charge in [0, 0.05) is 5.69 Å². The molecule has 0 radical (unpaired) electrons. The largest absolute Gasteiger partial charge is 0.340 e. The lowest BCUT2D eigenvalue weighted by Gasteiger charge is -2.10. The Labute approximate surface area is 160 Å². The second-order valence-electron chi connectivity index (χ2n) is 7.05. The molecule has 3 aromatic rings. The van der Waals surface area contributed by atoms with Crippen molar-refractivity contribution in [3.05, 3.63) is 83.6 Å². The van der Waals surface area contributed by atoms with Gasteiger partial charge in [0.2, 0.25) is 5.91 Å². The van der Waals surface area contributed by atoms with Gasteiger partial charge in [-0.1, -0.05) is 55.8 Å². The van der Waals surface area contributed by atoms with Gasteiger partial charge >= 0.3 is 0 Å². The van der Waals surface area contributed by atoms with Gasteiger partial charge in [-0.2, -0.15) is 0 Å². The van der Waals surface area contributed by atoms with E-state index in [9.17, 15) is 4.79 Å². The first kappa shape index (κ1) is 18.6. The molecular weight excluding hydrogens is 334 g/mol. The van der Waals surface area contributed by atoms with Crippen LogP contribution in [0.4, 0.5) is 17.2 Å². The summed E-state index contributed by atoms with van der Waals surface area (Å²) in [6.07, 6.45) is 2.02. The highest BCUT2D eigenvalue weighted by molar-refractivity contribution is 5.92. The van der Waals surface area contributed by atoms with Gasteiger partial charge in [-0.15, -0.1) is 0 Å². The molecule has 4 nitrogen and oxygen atoms in total. The Bertz CT molecular complexity index is 900. The van der Waals surface area contributed by atoms with E-state index in [2.05, 4.69) is 53.7 Å². The van der Waals surface area contributed by atoms with E-state index in [1.54, 1.807) is 6.20 Å². The van der Waals surface area contributed by atoms with Crippen LogP contribution in [0.1, 0.15) is 36.5 Å². The second kappa shape index (κ2) is 8.49. The third kappa shape index (κ3) is 5.42. The molecule has 0 aliphatic heterocycles. The quantitative estimate of drug-likeness (QED) is 0.616. The summed E-state index contributed by atoms with van der Waals surface area (Å²) < 4.78 is 0. The third-order valence-corrected chi connectivity index (χ3v) is 4.34. The third-order valence-electron chi connectivity index (χ3n) is 4.34. The number of hydrogen-bond acceptors (Lipinski definition) is 3. The number of aromatic nitrogens is 1. The minimum absolute atomic E-state index is 0.0487. The van der Waals surface area contributed by atoms with Crippen LogP contribution >= 0.6 is 0 Å². The summed E-state index contributed by atoms with van der Waals surface area (Å²) in [6, 6.07) is 20.0. The van der Waals surface area contributed by atoms with Gasteiger partial charge in [-0.25, -0.2) is 4.98 Å². The second-order valence-corrected chi connectivity index (χ2v) is 7.05. The molecule has 27 heavy (non-hydrogen) atoms. The average molecular weight is 359 g/mol. The van der Waals surface area contributed by atoms with Crippen LogP contribution in [0.2, 0.25) is 0 Å². The molecule has 0 fully saturated rings. The lowest BCUT2D eigenvalue weighted by molar-refractivity contribution is -0.115. The summed E-state index contributed by atoms with van der Waals surface area (Å²) in [5, 5.41) is 6.16. The Balaban J connectivity index is 1.57. The van der Waals surface area contributed by atoms with Gasteiger partial charge in [0.1, 0.15) is 5.82 Å². The highest BCUT2D eigenvalue weighted by Gasteiger charge is 2.05. The summed E-state index contributed by atoms with van der Waals surface area (Å²) in [5.74, 6) is 1.20. The maximum absolute atomic E-state index is 12.2. The number of hydrogen-bond donors (Lipinski definition) is 2. The number of aryl methyl sites for hydroxylation is 1. The number of carbonyl (C=O) groups is 1. The standard InChI is InChI=1S/C23H25N3O/c1-16(2)19-7-9-20(10-8-19)25-22-12-11-21(15-24-22)26-23(27)14-18-6-4-5-17(3)13-18/h4-13,15-16H,14H2,1-3H3,(H,24,25)(H,26,27). The Morgan fingerprint density at radius 2 is 1.74 bits per heavy atom. The molecule has 0 saturated carbocycles. The van der Waals surface area contributed by atoms with Gasteiger partial charge in [0.25, 0.3) is 0 Å². The molecule has 0 aliphatic rings. The number of rotatable bonds is 6. The molecule has 1 amide bonds. The van der Waals surface area contributed by atoms with Crippen molar-refractivity contribution in [2.75, 3.05) is 10.6 Å². The number of nitrogens with one attached hydrogen (secondary N) is 2. The molecule has 0 bridgehead atoms. The van der Waals surface area contributed by atoms with E-state index in [4.69, 9.17) is 0 Å². The maximum Gasteiger partial charge on any atom is 0.228 e.